The van der Waals surface area contributed by atoms with E-state index in [1.165, 1.54) is 6.07 Å². The van der Waals surface area contributed by atoms with E-state index in [2.05, 4.69) is 4.98 Å². The van der Waals surface area contributed by atoms with E-state index in [0.29, 0.717) is 0 Å². The van der Waals surface area contributed by atoms with E-state index in [4.69, 9.17) is 5.73 Å². The van der Waals surface area contributed by atoms with Crippen molar-refractivity contribution in [3.05, 3.63) is 39.0 Å². The van der Waals surface area contributed by atoms with Crippen molar-refractivity contribution in [2.75, 3.05) is 13.1 Å². The summed E-state index contributed by atoms with van der Waals surface area (Å²) < 4.78 is 51.6. The summed E-state index contributed by atoms with van der Waals surface area (Å²) in [7, 11) is -4.25. The first-order chi connectivity index (χ1) is 10.1. The molecule has 8 nitrogen and oxygen atoms in total. The SMILES string of the molecule is Cl.NCC(F)(F)CNS(=O)(=O)c1ccc2[nH]c(=O)[nH]c(=O)c2c1. The van der Waals surface area contributed by atoms with Crippen LogP contribution in [-0.4, -0.2) is 37.4 Å². The second kappa shape index (κ2) is 6.74. The first-order valence-electron chi connectivity index (χ1n) is 5.98. The zero-order valence-corrected chi connectivity index (χ0v) is 13.1. The first-order valence-corrected chi connectivity index (χ1v) is 7.47. The van der Waals surface area contributed by atoms with Crippen molar-refractivity contribution < 1.29 is 17.2 Å². The van der Waals surface area contributed by atoms with Crippen LogP contribution in [-0.2, 0) is 10.0 Å². The van der Waals surface area contributed by atoms with E-state index in [1.54, 1.807) is 4.72 Å². The predicted octanol–water partition coefficient (Wildman–Crippen LogP) is -0.490. The number of aromatic nitrogens is 2. The molecule has 12 heteroatoms. The Labute approximate surface area is 134 Å². The lowest BCUT2D eigenvalue weighted by molar-refractivity contribution is 0.0170. The van der Waals surface area contributed by atoms with Gasteiger partial charge in [-0.3, -0.25) is 9.78 Å². The summed E-state index contributed by atoms with van der Waals surface area (Å²) in [5.74, 6) is -3.38. The quantitative estimate of drug-likeness (QED) is 0.562. The Balaban J connectivity index is 0.00000264. The standard InChI is InChI=1S/C11H12F2N4O4S.ClH/c12-11(13,4-14)5-15-22(20,21)6-1-2-8-7(3-6)9(18)17-10(19)16-8;/h1-3,15H,4-5,14H2,(H2,16,17,18,19);1H. The summed E-state index contributed by atoms with van der Waals surface area (Å²) in [6, 6.07) is 3.26. The molecule has 0 radical (unpaired) electrons. The van der Waals surface area contributed by atoms with Gasteiger partial charge in [-0.15, -0.1) is 12.4 Å². The molecule has 0 amide bonds. The molecule has 0 bridgehead atoms. The topological polar surface area (TPSA) is 138 Å². The van der Waals surface area contributed by atoms with Crippen LogP contribution in [0.25, 0.3) is 10.9 Å². The Morgan fingerprint density at radius 1 is 1.22 bits per heavy atom. The van der Waals surface area contributed by atoms with Gasteiger partial charge in [-0.25, -0.2) is 26.7 Å². The molecule has 128 valence electrons. The largest absolute Gasteiger partial charge is 0.326 e. The Morgan fingerprint density at radius 2 is 1.87 bits per heavy atom. The van der Waals surface area contributed by atoms with E-state index in [-0.39, 0.29) is 28.2 Å². The van der Waals surface area contributed by atoms with Gasteiger partial charge in [0.05, 0.1) is 28.9 Å². The number of rotatable bonds is 5. The fourth-order valence-corrected chi connectivity index (χ4v) is 2.76. The summed E-state index contributed by atoms with van der Waals surface area (Å²) in [6.07, 6.45) is 0. The van der Waals surface area contributed by atoms with Gasteiger partial charge in [0.25, 0.3) is 11.5 Å². The maximum atomic E-state index is 13.0. The van der Waals surface area contributed by atoms with Gasteiger partial charge >= 0.3 is 5.69 Å². The molecule has 1 aromatic heterocycles. The van der Waals surface area contributed by atoms with Gasteiger partial charge in [0.15, 0.2) is 0 Å². The van der Waals surface area contributed by atoms with Crippen molar-refractivity contribution in [2.45, 2.75) is 10.8 Å². The number of aromatic amines is 2. The summed E-state index contributed by atoms with van der Waals surface area (Å²) in [4.78, 5) is 26.6. The van der Waals surface area contributed by atoms with Crippen molar-refractivity contribution in [1.82, 2.24) is 14.7 Å². The first kappa shape index (κ1) is 19.2. The minimum absolute atomic E-state index is 0. The Morgan fingerprint density at radius 3 is 2.48 bits per heavy atom. The molecule has 1 aromatic carbocycles. The summed E-state index contributed by atoms with van der Waals surface area (Å²) in [5, 5.41) is -0.0898. The van der Waals surface area contributed by atoms with Crippen LogP contribution in [0.5, 0.6) is 0 Å². The molecule has 0 fully saturated rings. The third-order valence-corrected chi connectivity index (χ3v) is 4.24. The predicted molar refractivity (Wildman–Crippen MR) is 81.6 cm³/mol. The third-order valence-electron chi connectivity index (χ3n) is 2.84. The molecule has 23 heavy (non-hydrogen) atoms. The van der Waals surface area contributed by atoms with Crippen molar-refractivity contribution in [3.8, 4) is 0 Å². The molecule has 0 saturated heterocycles. The summed E-state index contributed by atoms with van der Waals surface area (Å²) >= 11 is 0. The number of hydrogen-bond acceptors (Lipinski definition) is 5. The van der Waals surface area contributed by atoms with Crippen LogP contribution in [0.15, 0.2) is 32.7 Å². The minimum atomic E-state index is -4.25. The molecule has 0 aliphatic rings. The molecule has 0 atom stereocenters. The van der Waals surface area contributed by atoms with E-state index in [9.17, 15) is 26.8 Å². The molecular weight excluding hydrogens is 358 g/mol. The van der Waals surface area contributed by atoms with Crippen molar-refractivity contribution in [2.24, 2.45) is 5.73 Å². The van der Waals surface area contributed by atoms with Crippen LogP contribution >= 0.6 is 12.4 Å². The minimum Gasteiger partial charge on any atom is -0.325 e. The van der Waals surface area contributed by atoms with Gasteiger partial charge in [-0.05, 0) is 18.2 Å². The lowest BCUT2D eigenvalue weighted by atomic mass is 10.2. The number of sulfonamides is 1. The number of benzene rings is 1. The Hall–Kier alpha value is -1.82. The van der Waals surface area contributed by atoms with Crippen LogP contribution in [0.2, 0.25) is 0 Å². The van der Waals surface area contributed by atoms with E-state index in [0.717, 1.165) is 12.1 Å². The summed E-state index contributed by atoms with van der Waals surface area (Å²) in [6.45, 7) is -2.17. The lowest BCUT2D eigenvalue weighted by Gasteiger charge is -2.14. The molecule has 2 rings (SSSR count). The third kappa shape index (κ3) is 4.34. The molecule has 0 spiro atoms. The average Bonchev–Trinajstić information content (AvgIpc) is 2.45. The Bertz CT molecular complexity index is 926. The van der Waals surface area contributed by atoms with E-state index in [1.807, 2.05) is 4.98 Å². The van der Waals surface area contributed by atoms with Gasteiger partial charge in [0, 0.05) is 0 Å². The van der Waals surface area contributed by atoms with Crippen LogP contribution in [0.1, 0.15) is 0 Å². The molecule has 0 saturated carbocycles. The molecule has 5 N–H and O–H groups in total. The van der Waals surface area contributed by atoms with Crippen molar-refractivity contribution >= 4 is 33.3 Å². The number of nitrogens with two attached hydrogens (primary N) is 1. The van der Waals surface area contributed by atoms with Crippen LogP contribution in [0.3, 0.4) is 0 Å². The van der Waals surface area contributed by atoms with Crippen molar-refractivity contribution in [1.29, 1.82) is 0 Å². The molecule has 0 aliphatic heterocycles. The van der Waals surface area contributed by atoms with Gasteiger partial charge < -0.3 is 10.7 Å². The number of nitrogens with one attached hydrogen (secondary N) is 3. The number of halogens is 3. The molecule has 2 aromatic rings. The van der Waals surface area contributed by atoms with Gasteiger partial charge in [0.1, 0.15) is 0 Å². The van der Waals surface area contributed by atoms with Crippen LogP contribution < -0.4 is 21.7 Å². The summed E-state index contributed by atoms with van der Waals surface area (Å²) in [5.41, 5.74) is 3.41. The fraction of sp³-hybridized carbons (Fsp3) is 0.273. The maximum Gasteiger partial charge on any atom is 0.326 e. The fourth-order valence-electron chi connectivity index (χ4n) is 1.67. The normalized spacial score (nSPS) is 12.1. The lowest BCUT2D eigenvalue weighted by Crippen LogP contribution is -2.41. The molecule has 0 unspecified atom stereocenters. The average molecular weight is 371 g/mol. The van der Waals surface area contributed by atoms with Gasteiger partial charge in [-0.1, -0.05) is 0 Å². The van der Waals surface area contributed by atoms with Gasteiger partial charge in [0.2, 0.25) is 10.0 Å². The second-order valence-corrected chi connectivity index (χ2v) is 6.27. The van der Waals surface area contributed by atoms with E-state index < -0.39 is 40.3 Å². The maximum absolute atomic E-state index is 13.0. The zero-order chi connectivity index (χ0) is 16.5. The molecule has 0 aliphatic carbocycles. The number of H-pyrrole nitrogens is 2. The number of hydrogen-bond donors (Lipinski definition) is 4. The highest BCUT2D eigenvalue weighted by molar-refractivity contribution is 7.89. The molecule has 1 heterocycles. The van der Waals surface area contributed by atoms with Crippen LogP contribution in [0, 0.1) is 0 Å². The Kier molecular flexibility index (Phi) is 5.64. The highest BCUT2D eigenvalue weighted by Crippen LogP contribution is 2.15. The smallest absolute Gasteiger partial charge is 0.325 e. The number of alkyl halides is 2. The second-order valence-electron chi connectivity index (χ2n) is 4.50. The van der Waals surface area contributed by atoms with E-state index >= 15 is 0 Å². The number of fused-ring (bicyclic) bond motifs is 1. The highest BCUT2D eigenvalue weighted by atomic mass is 35.5. The van der Waals surface area contributed by atoms with Gasteiger partial charge in [-0.2, -0.15) is 0 Å². The van der Waals surface area contributed by atoms with Crippen LogP contribution in [0.4, 0.5) is 8.78 Å². The highest BCUT2D eigenvalue weighted by Gasteiger charge is 2.29. The monoisotopic (exact) mass is 370 g/mol. The molecular formula is C11H13ClF2N4O4S. The zero-order valence-electron chi connectivity index (χ0n) is 11.4. The van der Waals surface area contributed by atoms with Crippen molar-refractivity contribution in [3.63, 3.8) is 0 Å².